The Bertz CT molecular complexity index is 805. The number of fused-ring (bicyclic) bond motifs is 2. The number of aromatic nitrogens is 4. The molecule has 0 amide bonds. The molecule has 0 radical (unpaired) electrons. The summed E-state index contributed by atoms with van der Waals surface area (Å²) >= 11 is 1.74. The van der Waals surface area contributed by atoms with Gasteiger partial charge in [0.25, 0.3) is 0 Å². The van der Waals surface area contributed by atoms with Gasteiger partial charge in [-0.1, -0.05) is 17.8 Å². The van der Waals surface area contributed by atoms with Crippen LogP contribution in [0.2, 0.25) is 0 Å². The first-order chi connectivity index (χ1) is 9.78. The van der Waals surface area contributed by atoms with Crippen LogP contribution in [-0.4, -0.2) is 30.0 Å². The molecule has 4 rings (SSSR count). The van der Waals surface area contributed by atoms with Gasteiger partial charge in [-0.25, -0.2) is 9.97 Å². The summed E-state index contributed by atoms with van der Waals surface area (Å²) in [6, 6.07) is 6.14. The number of hydrogen-bond donors (Lipinski definition) is 1. The molecule has 1 aromatic carbocycles. The molecule has 6 heteroatoms. The van der Waals surface area contributed by atoms with E-state index in [4.69, 9.17) is 0 Å². The van der Waals surface area contributed by atoms with E-state index in [0.717, 1.165) is 45.4 Å². The number of rotatable bonds is 2. The van der Waals surface area contributed by atoms with Crippen molar-refractivity contribution < 1.29 is 5.11 Å². The van der Waals surface area contributed by atoms with Crippen molar-refractivity contribution in [3.05, 3.63) is 30.2 Å². The summed E-state index contributed by atoms with van der Waals surface area (Å²) in [4.78, 5) is 9.06. The topological polar surface area (TPSA) is 55.9 Å². The molecule has 102 valence electrons. The molecule has 0 bridgehead atoms. The zero-order valence-corrected chi connectivity index (χ0v) is 11.9. The lowest BCUT2D eigenvalue weighted by Gasteiger charge is -2.04. The third-order valence-corrected chi connectivity index (χ3v) is 4.69. The van der Waals surface area contributed by atoms with Crippen molar-refractivity contribution >= 4 is 22.8 Å². The highest BCUT2D eigenvalue weighted by atomic mass is 32.2. The first kappa shape index (κ1) is 12.0. The van der Waals surface area contributed by atoms with Crippen molar-refractivity contribution in [2.75, 3.05) is 5.75 Å². The van der Waals surface area contributed by atoms with Crippen molar-refractivity contribution in [2.24, 2.45) is 7.05 Å². The maximum absolute atomic E-state index is 9.66. The Kier molecular flexibility index (Phi) is 2.61. The van der Waals surface area contributed by atoms with Gasteiger partial charge in [0.05, 0.1) is 35.4 Å². The minimum Gasteiger partial charge on any atom is -0.390 e. The Hall–Kier alpha value is -1.79. The fourth-order valence-corrected chi connectivity index (χ4v) is 3.68. The maximum atomic E-state index is 9.66. The Morgan fingerprint density at radius 2 is 2.30 bits per heavy atom. The van der Waals surface area contributed by atoms with Gasteiger partial charge in [-0.05, 0) is 12.1 Å². The predicted octanol–water partition coefficient (Wildman–Crippen LogP) is 2.03. The Balaban J connectivity index is 1.90. The molecule has 2 aromatic heterocycles. The molecule has 1 N–H and O–H groups in total. The van der Waals surface area contributed by atoms with E-state index in [0.29, 0.717) is 0 Å². The van der Waals surface area contributed by atoms with Crippen LogP contribution in [0.5, 0.6) is 0 Å². The molecule has 0 spiro atoms. The first-order valence-corrected chi connectivity index (χ1v) is 7.51. The van der Waals surface area contributed by atoms with Gasteiger partial charge >= 0.3 is 0 Å². The number of aliphatic hydroxyl groups is 1. The van der Waals surface area contributed by atoms with Crippen LogP contribution in [0.4, 0.5) is 0 Å². The van der Waals surface area contributed by atoms with E-state index in [1.165, 1.54) is 0 Å². The van der Waals surface area contributed by atoms with E-state index in [9.17, 15) is 5.11 Å². The second-order valence-electron chi connectivity index (χ2n) is 4.91. The van der Waals surface area contributed by atoms with Gasteiger partial charge in [0, 0.05) is 24.9 Å². The van der Waals surface area contributed by atoms with Crippen LogP contribution >= 0.6 is 11.8 Å². The highest BCUT2D eigenvalue weighted by Crippen LogP contribution is 2.34. The van der Waals surface area contributed by atoms with E-state index in [2.05, 4.69) is 20.6 Å². The number of nitrogens with zero attached hydrogens (tertiary/aromatic N) is 4. The van der Waals surface area contributed by atoms with Crippen LogP contribution in [0.3, 0.4) is 0 Å². The summed E-state index contributed by atoms with van der Waals surface area (Å²) in [5, 5.41) is 10.7. The molecule has 1 aliphatic heterocycles. The maximum Gasteiger partial charge on any atom is 0.168 e. The van der Waals surface area contributed by atoms with Crippen LogP contribution in [0.1, 0.15) is 5.69 Å². The van der Waals surface area contributed by atoms with Crippen LogP contribution in [-0.2, 0) is 20.2 Å². The van der Waals surface area contributed by atoms with Crippen LogP contribution < -0.4 is 0 Å². The molecule has 3 heterocycles. The van der Waals surface area contributed by atoms with E-state index in [1.54, 1.807) is 11.8 Å². The summed E-state index contributed by atoms with van der Waals surface area (Å²) in [5.74, 6) is 1.04. The molecule has 3 aromatic rings. The standard InChI is InChI=1S/C14H14N4OS/c1-17-8-15-10-6-9(2-3-11(10)17)13-12(7-19)18-4-5-20-14(18)16-13/h2-3,6,8,19H,4-5,7H2,1H3. The summed E-state index contributed by atoms with van der Waals surface area (Å²) in [6.07, 6.45) is 1.81. The Labute approximate surface area is 120 Å². The third-order valence-electron chi connectivity index (χ3n) is 3.73. The summed E-state index contributed by atoms with van der Waals surface area (Å²) < 4.78 is 4.11. The van der Waals surface area contributed by atoms with Gasteiger partial charge in [-0.15, -0.1) is 0 Å². The number of aliphatic hydroxyl groups excluding tert-OH is 1. The fourth-order valence-electron chi connectivity index (χ4n) is 2.71. The second-order valence-corrected chi connectivity index (χ2v) is 5.97. The number of hydrogen-bond acceptors (Lipinski definition) is 4. The summed E-state index contributed by atoms with van der Waals surface area (Å²) in [6.45, 7) is 0.942. The van der Waals surface area contributed by atoms with Crippen molar-refractivity contribution in [3.63, 3.8) is 0 Å². The van der Waals surface area contributed by atoms with Gasteiger partial charge in [0.1, 0.15) is 0 Å². The minimum absolute atomic E-state index is 0.0170. The van der Waals surface area contributed by atoms with Gasteiger partial charge in [0.15, 0.2) is 5.16 Å². The quantitative estimate of drug-likeness (QED) is 0.783. The molecule has 0 atom stereocenters. The predicted molar refractivity (Wildman–Crippen MR) is 78.6 cm³/mol. The highest BCUT2D eigenvalue weighted by Gasteiger charge is 2.22. The van der Waals surface area contributed by atoms with Crippen molar-refractivity contribution in [3.8, 4) is 11.3 Å². The smallest absolute Gasteiger partial charge is 0.168 e. The lowest BCUT2D eigenvalue weighted by Crippen LogP contribution is -2.01. The molecule has 5 nitrogen and oxygen atoms in total. The lowest BCUT2D eigenvalue weighted by molar-refractivity contribution is 0.271. The van der Waals surface area contributed by atoms with Gasteiger partial charge in [-0.2, -0.15) is 0 Å². The lowest BCUT2D eigenvalue weighted by atomic mass is 10.1. The molecule has 1 aliphatic rings. The highest BCUT2D eigenvalue weighted by molar-refractivity contribution is 7.99. The second kappa shape index (κ2) is 4.36. The summed E-state index contributed by atoms with van der Waals surface area (Å²) in [5.41, 5.74) is 4.85. The Morgan fingerprint density at radius 1 is 1.40 bits per heavy atom. The van der Waals surface area contributed by atoms with Gasteiger partial charge in [0.2, 0.25) is 0 Å². The molecule has 20 heavy (non-hydrogen) atoms. The van der Waals surface area contributed by atoms with Crippen molar-refractivity contribution in [1.29, 1.82) is 0 Å². The summed E-state index contributed by atoms with van der Waals surface area (Å²) in [7, 11) is 1.98. The molecule has 0 unspecified atom stereocenters. The van der Waals surface area contributed by atoms with Crippen LogP contribution in [0, 0.1) is 0 Å². The first-order valence-electron chi connectivity index (χ1n) is 6.52. The average molecular weight is 286 g/mol. The average Bonchev–Trinajstić information content (AvgIpc) is 3.12. The normalized spacial score (nSPS) is 14.1. The number of benzene rings is 1. The third kappa shape index (κ3) is 1.61. The van der Waals surface area contributed by atoms with E-state index in [-0.39, 0.29) is 6.61 Å². The van der Waals surface area contributed by atoms with Crippen molar-refractivity contribution in [2.45, 2.75) is 18.3 Å². The van der Waals surface area contributed by atoms with E-state index < -0.39 is 0 Å². The SMILES string of the molecule is Cn1cnc2cc(-c3nc4n(c3CO)CCS4)ccc21. The molecule has 0 fully saturated rings. The van der Waals surface area contributed by atoms with Crippen LogP contribution in [0.25, 0.3) is 22.3 Å². The fraction of sp³-hybridized carbons (Fsp3) is 0.286. The Morgan fingerprint density at radius 3 is 3.15 bits per heavy atom. The zero-order valence-electron chi connectivity index (χ0n) is 11.1. The number of thioether (sulfide) groups is 1. The monoisotopic (exact) mass is 286 g/mol. The van der Waals surface area contributed by atoms with Gasteiger partial charge in [-0.3, -0.25) is 0 Å². The van der Waals surface area contributed by atoms with Crippen LogP contribution in [0.15, 0.2) is 29.7 Å². The molecule has 0 saturated heterocycles. The van der Waals surface area contributed by atoms with E-state index in [1.807, 2.05) is 30.1 Å². The molecule has 0 aliphatic carbocycles. The minimum atomic E-state index is 0.0170. The van der Waals surface area contributed by atoms with Crippen molar-refractivity contribution in [1.82, 2.24) is 19.1 Å². The largest absolute Gasteiger partial charge is 0.390 e. The molecular formula is C14H14N4OS. The zero-order chi connectivity index (χ0) is 13.7. The number of aryl methyl sites for hydroxylation is 1. The van der Waals surface area contributed by atoms with E-state index >= 15 is 0 Å². The number of imidazole rings is 2. The molecular weight excluding hydrogens is 272 g/mol. The molecule has 0 saturated carbocycles. The van der Waals surface area contributed by atoms with Gasteiger partial charge < -0.3 is 14.2 Å².